The molecule has 2 N–H and O–H groups in total. The first-order chi connectivity index (χ1) is 7.13. The maximum absolute atomic E-state index is 9.23. The van der Waals surface area contributed by atoms with Crippen LogP contribution in [0.15, 0.2) is 24.3 Å². The minimum absolute atomic E-state index is 0.288. The summed E-state index contributed by atoms with van der Waals surface area (Å²) in [4.78, 5) is 0. The monoisotopic (exact) mass is 207 g/mol. The standard InChI is InChI=1S/C13H21NO/c1-4-13(14-9-11(3)15)12-7-5-10(2)6-8-12/h5-8,11,13-15H,4,9H2,1-3H3. The van der Waals surface area contributed by atoms with Crippen LogP contribution in [0.25, 0.3) is 0 Å². The smallest absolute Gasteiger partial charge is 0.0636 e. The Bertz CT molecular complexity index is 279. The lowest BCUT2D eigenvalue weighted by Gasteiger charge is -2.18. The highest BCUT2D eigenvalue weighted by Crippen LogP contribution is 2.16. The average molecular weight is 207 g/mol. The van der Waals surface area contributed by atoms with E-state index in [4.69, 9.17) is 0 Å². The lowest BCUT2D eigenvalue weighted by molar-refractivity contribution is 0.185. The molecule has 2 atom stereocenters. The molecule has 0 fully saturated rings. The molecule has 84 valence electrons. The van der Waals surface area contributed by atoms with Crippen LogP contribution in [0.1, 0.15) is 37.4 Å². The van der Waals surface area contributed by atoms with E-state index in [9.17, 15) is 5.11 Å². The number of hydrogen-bond donors (Lipinski definition) is 2. The number of aliphatic hydroxyl groups excluding tert-OH is 1. The highest BCUT2D eigenvalue weighted by Gasteiger charge is 2.08. The van der Waals surface area contributed by atoms with E-state index in [1.807, 2.05) is 0 Å². The third kappa shape index (κ3) is 4.02. The fourth-order valence-electron chi connectivity index (χ4n) is 1.61. The first-order valence-corrected chi connectivity index (χ1v) is 5.61. The average Bonchev–Trinajstić information content (AvgIpc) is 2.21. The van der Waals surface area contributed by atoms with Crippen molar-refractivity contribution in [3.05, 3.63) is 35.4 Å². The van der Waals surface area contributed by atoms with Crippen LogP contribution in [-0.4, -0.2) is 17.8 Å². The van der Waals surface area contributed by atoms with Gasteiger partial charge in [-0.25, -0.2) is 0 Å². The predicted octanol–water partition coefficient (Wildman–Crippen LogP) is 2.42. The third-order valence-electron chi connectivity index (χ3n) is 2.55. The lowest BCUT2D eigenvalue weighted by Crippen LogP contribution is -2.28. The van der Waals surface area contributed by atoms with E-state index in [1.165, 1.54) is 11.1 Å². The molecule has 2 heteroatoms. The molecule has 0 radical (unpaired) electrons. The van der Waals surface area contributed by atoms with Gasteiger partial charge in [-0.05, 0) is 25.8 Å². The predicted molar refractivity (Wildman–Crippen MR) is 63.9 cm³/mol. The number of nitrogens with one attached hydrogen (secondary N) is 1. The van der Waals surface area contributed by atoms with E-state index >= 15 is 0 Å². The summed E-state index contributed by atoms with van der Waals surface area (Å²) in [6.07, 6.45) is 0.750. The molecule has 0 saturated heterocycles. The molecule has 2 unspecified atom stereocenters. The summed E-state index contributed by atoms with van der Waals surface area (Å²) in [5.74, 6) is 0. The minimum atomic E-state index is -0.288. The summed E-state index contributed by atoms with van der Waals surface area (Å²) in [7, 11) is 0. The molecule has 0 spiro atoms. The van der Waals surface area contributed by atoms with Gasteiger partial charge in [0.2, 0.25) is 0 Å². The number of aliphatic hydroxyl groups is 1. The van der Waals surface area contributed by atoms with Crippen LogP contribution in [-0.2, 0) is 0 Å². The van der Waals surface area contributed by atoms with Crippen LogP contribution >= 0.6 is 0 Å². The lowest BCUT2D eigenvalue weighted by atomic mass is 10.0. The molecule has 0 aromatic heterocycles. The zero-order valence-electron chi connectivity index (χ0n) is 9.83. The van der Waals surface area contributed by atoms with Gasteiger partial charge in [0.25, 0.3) is 0 Å². The Hall–Kier alpha value is -0.860. The molecule has 0 aliphatic carbocycles. The summed E-state index contributed by atoms with van der Waals surface area (Å²) in [5, 5.41) is 12.6. The van der Waals surface area contributed by atoms with Gasteiger partial charge in [-0.3, -0.25) is 0 Å². The van der Waals surface area contributed by atoms with Crippen LogP contribution in [0.2, 0.25) is 0 Å². The maximum atomic E-state index is 9.23. The van der Waals surface area contributed by atoms with Gasteiger partial charge in [0.05, 0.1) is 6.10 Å². The zero-order valence-corrected chi connectivity index (χ0v) is 9.83. The fraction of sp³-hybridized carbons (Fsp3) is 0.538. The highest BCUT2D eigenvalue weighted by molar-refractivity contribution is 5.24. The van der Waals surface area contributed by atoms with Gasteiger partial charge >= 0.3 is 0 Å². The van der Waals surface area contributed by atoms with Gasteiger partial charge in [-0.1, -0.05) is 36.8 Å². The Morgan fingerprint density at radius 3 is 2.33 bits per heavy atom. The molecule has 0 saturated carbocycles. The number of hydrogen-bond acceptors (Lipinski definition) is 2. The van der Waals surface area contributed by atoms with Crippen molar-refractivity contribution in [2.75, 3.05) is 6.54 Å². The van der Waals surface area contributed by atoms with Crippen molar-refractivity contribution >= 4 is 0 Å². The van der Waals surface area contributed by atoms with Gasteiger partial charge in [0.15, 0.2) is 0 Å². The summed E-state index contributed by atoms with van der Waals surface area (Å²) >= 11 is 0. The Kier molecular flexibility index (Phi) is 4.79. The molecule has 0 bridgehead atoms. The molecular formula is C13H21NO. The van der Waals surface area contributed by atoms with Crippen molar-refractivity contribution in [1.82, 2.24) is 5.32 Å². The normalized spacial score (nSPS) is 14.9. The number of benzene rings is 1. The van der Waals surface area contributed by atoms with Gasteiger partial charge in [0, 0.05) is 12.6 Å². The van der Waals surface area contributed by atoms with E-state index in [2.05, 4.69) is 43.4 Å². The topological polar surface area (TPSA) is 32.3 Å². The summed E-state index contributed by atoms with van der Waals surface area (Å²) < 4.78 is 0. The summed E-state index contributed by atoms with van der Waals surface area (Å²) in [6.45, 7) is 6.69. The van der Waals surface area contributed by atoms with Gasteiger partial charge in [-0.2, -0.15) is 0 Å². The van der Waals surface area contributed by atoms with E-state index < -0.39 is 0 Å². The van der Waals surface area contributed by atoms with Crippen molar-refractivity contribution in [3.63, 3.8) is 0 Å². The summed E-state index contributed by atoms with van der Waals surface area (Å²) in [6, 6.07) is 8.90. The van der Waals surface area contributed by atoms with Crippen molar-refractivity contribution in [1.29, 1.82) is 0 Å². The second-order valence-corrected chi connectivity index (χ2v) is 4.13. The minimum Gasteiger partial charge on any atom is -0.392 e. The van der Waals surface area contributed by atoms with E-state index in [-0.39, 0.29) is 6.10 Å². The highest BCUT2D eigenvalue weighted by atomic mass is 16.3. The van der Waals surface area contributed by atoms with E-state index in [0.29, 0.717) is 12.6 Å². The molecule has 0 amide bonds. The van der Waals surface area contributed by atoms with Crippen LogP contribution in [0.3, 0.4) is 0 Å². The molecule has 0 aliphatic heterocycles. The second kappa shape index (κ2) is 5.89. The summed E-state index contributed by atoms with van der Waals surface area (Å²) in [5.41, 5.74) is 2.58. The Morgan fingerprint density at radius 2 is 1.87 bits per heavy atom. The largest absolute Gasteiger partial charge is 0.392 e. The Morgan fingerprint density at radius 1 is 1.27 bits per heavy atom. The van der Waals surface area contributed by atoms with Crippen LogP contribution in [0.5, 0.6) is 0 Å². The molecular weight excluding hydrogens is 186 g/mol. The van der Waals surface area contributed by atoms with Gasteiger partial charge < -0.3 is 10.4 Å². The van der Waals surface area contributed by atoms with Crippen molar-refractivity contribution in [3.8, 4) is 0 Å². The molecule has 15 heavy (non-hydrogen) atoms. The Labute approximate surface area is 92.3 Å². The zero-order chi connectivity index (χ0) is 11.3. The fourth-order valence-corrected chi connectivity index (χ4v) is 1.61. The second-order valence-electron chi connectivity index (χ2n) is 4.13. The molecule has 2 nitrogen and oxygen atoms in total. The van der Waals surface area contributed by atoms with Gasteiger partial charge in [-0.15, -0.1) is 0 Å². The third-order valence-corrected chi connectivity index (χ3v) is 2.55. The molecule has 0 heterocycles. The first-order valence-electron chi connectivity index (χ1n) is 5.61. The van der Waals surface area contributed by atoms with Crippen LogP contribution in [0, 0.1) is 6.92 Å². The maximum Gasteiger partial charge on any atom is 0.0636 e. The molecule has 0 aliphatic rings. The molecule has 1 aromatic carbocycles. The SMILES string of the molecule is CCC(NCC(C)O)c1ccc(C)cc1. The van der Waals surface area contributed by atoms with Crippen LogP contribution in [0.4, 0.5) is 0 Å². The van der Waals surface area contributed by atoms with Crippen molar-refractivity contribution < 1.29 is 5.11 Å². The number of aryl methyl sites for hydroxylation is 1. The van der Waals surface area contributed by atoms with E-state index in [0.717, 1.165) is 6.42 Å². The van der Waals surface area contributed by atoms with Crippen molar-refractivity contribution in [2.45, 2.75) is 39.3 Å². The van der Waals surface area contributed by atoms with E-state index in [1.54, 1.807) is 6.92 Å². The molecule has 1 aromatic rings. The number of rotatable bonds is 5. The quantitative estimate of drug-likeness (QED) is 0.777. The molecule has 1 rings (SSSR count). The first kappa shape index (κ1) is 12.2. The van der Waals surface area contributed by atoms with Crippen LogP contribution < -0.4 is 5.32 Å². The van der Waals surface area contributed by atoms with Gasteiger partial charge in [0.1, 0.15) is 0 Å². The Balaban J connectivity index is 2.61. The van der Waals surface area contributed by atoms with Crippen molar-refractivity contribution in [2.24, 2.45) is 0 Å².